The maximum atomic E-state index is 12.1. The molecule has 146 valence electrons. The molecule has 0 aliphatic heterocycles. The van der Waals surface area contributed by atoms with Crippen LogP contribution in [0, 0.1) is 0 Å². The number of hydrogen-bond donors (Lipinski definition) is 0. The molecule has 0 radical (unpaired) electrons. The molecule has 3 heterocycles. The number of carbonyl (C=O) groups is 2. The van der Waals surface area contributed by atoms with E-state index in [-0.39, 0.29) is 16.5 Å². The summed E-state index contributed by atoms with van der Waals surface area (Å²) in [4.78, 5) is 36.5. The maximum absolute atomic E-state index is 12.1. The maximum Gasteiger partial charge on any atom is 0.358 e. The number of esters is 2. The number of hydrogen-bond acceptors (Lipinski definition) is 9. The van der Waals surface area contributed by atoms with Gasteiger partial charge in [0.1, 0.15) is 26.5 Å². The monoisotopic (exact) mass is 437 g/mol. The molecule has 0 saturated carbocycles. The summed E-state index contributed by atoms with van der Waals surface area (Å²) in [5.74, 6) is -1.00. The van der Waals surface area contributed by atoms with Gasteiger partial charge in [-0.05, 0) is 32.9 Å². The van der Waals surface area contributed by atoms with Crippen molar-refractivity contribution in [2.45, 2.75) is 26.4 Å². The Labute approximate surface area is 174 Å². The van der Waals surface area contributed by atoms with Gasteiger partial charge in [-0.3, -0.25) is 0 Å². The second-order valence-electron chi connectivity index (χ2n) is 6.60. The average molecular weight is 438 g/mol. The SMILES string of the molecule is COC(=O)c1csc(-c2ccc(-c3nc(C(=O)OC(C)(C)C)cs3)c(Cl)n2)n1. The van der Waals surface area contributed by atoms with E-state index in [1.165, 1.54) is 29.8 Å². The molecule has 0 saturated heterocycles. The van der Waals surface area contributed by atoms with E-state index in [2.05, 4.69) is 19.7 Å². The Morgan fingerprint density at radius 3 is 2.18 bits per heavy atom. The van der Waals surface area contributed by atoms with Gasteiger partial charge >= 0.3 is 11.9 Å². The van der Waals surface area contributed by atoms with Gasteiger partial charge in [0.25, 0.3) is 0 Å². The van der Waals surface area contributed by atoms with Crippen LogP contribution in [0.3, 0.4) is 0 Å². The normalized spacial score (nSPS) is 11.3. The minimum Gasteiger partial charge on any atom is -0.464 e. The summed E-state index contributed by atoms with van der Waals surface area (Å²) in [5.41, 5.74) is 0.954. The van der Waals surface area contributed by atoms with Crippen LogP contribution in [0.5, 0.6) is 0 Å². The van der Waals surface area contributed by atoms with E-state index in [0.717, 1.165) is 0 Å². The first-order valence-electron chi connectivity index (χ1n) is 8.08. The zero-order valence-electron chi connectivity index (χ0n) is 15.5. The van der Waals surface area contributed by atoms with Crippen LogP contribution < -0.4 is 0 Å². The highest BCUT2D eigenvalue weighted by atomic mass is 35.5. The Bertz CT molecular complexity index is 1040. The van der Waals surface area contributed by atoms with Gasteiger partial charge in [-0.15, -0.1) is 22.7 Å². The van der Waals surface area contributed by atoms with Gasteiger partial charge in [-0.25, -0.2) is 24.5 Å². The second kappa shape index (κ2) is 7.94. The largest absolute Gasteiger partial charge is 0.464 e. The Morgan fingerprint density at radius 2 is 1.57 bits per heavy atom. The van der Waals surface area contributed by atoms with Crippen LogP contribution in [-0.2, 0) is 9.47 Å². The topological polar surface area (TPSA) is 91.3 Å². The van der Waals surface area contributed by atoms with Gasteiger partial charge < -0.3 is 9.47 Å². The average Bonchev–Trinajstić information content (AvgIpc) is 3.29. The molecular weight excluding hydrogens is 422 g/mol. The number of halogens is 1. The fraction of sp³-hybridized carbons (Fsp3) is 0.278. The third kappa shape index (κ3) is 4.54. The number of rotatable bonds is 4. The highest BCUT2D eigenvalue weighted by molar-refractivity contribution is 7.13. The minimum atomic E-state index is -0.599. The lowest BCUT2D eigenvalue weighted by Crippen LogP contribution is -2.24. The van der Waals surface area contributed by atoms with Crippen molar-refractivity contribution in [3.63, 3.8) is 0 Å². The summed E-state index contributed by atoms with van der Waals surface area (Å²) < 4.78 is 9.98. The van der Waals surface area contributed by atoms with E-state index in [1.807, 2.05) is 0 Å². The highest BCUT2D eigenvalue weighted by Crippen LogP contribution is 2.32. The van der Waals surface area contributed by atoms with Gasteiger partial charge in [-0.2, -0.15) is 0 Å². The zero-order chi connectivity index (χ0) is 20.5. The Morgan fingerprint density at radius 1 is 0.964 bits per heavy atom. The summed E-state index contributed by atoms with van der Waals surface area (Å²) in [6, 6.07) is 3.48. The molecule has 0 atom stereocenters. The number of thiazole rings is 2. The fourth-order valence-corrected chi connectivity index (χ4v) is 4.00. The lowest BCUT2D eigenvalue weighted by atomic mass is 10.2. The second-order valence-corrected chi connectivity index (χ2v) is 8.68. The lowest BCUT2D eigenvalue weighted by Gasteiger charge is -2.18. The molecule has 0 fully saturated rings. The predicted octanol–water partition coefficient (Wildman–Crippen LogP) is 4.72. The first-order chi connectivity index (χ1) is 13.2. The Hall–Kier alpha value is -2.36. The van der Waals surface area contributed by atoms with E-state index in [0.29, 0.717) is 21.3 Å². The summed E-state index contributed by atoms with van der Waals surface area (Å²) in [6.45, 7) is 5.38. The number of nitrogens with zero attached hydrogens (tertiary/aromatic N) is 3. The number of methoxy groups -OCH3 is 1. The van der Waals surface area contributed by atoms with Crippen molar-refractivity contribution in [3.05, 3.63) is 39.4 Å². The zero-order valence-corrected chi connectivity index (χ0v) is 17.9. The van der Waals surface area contributed by atoms with Crippen molar-refractivity contribution < 1.29 is 19.1 Å². The highest BCUT2D eigenvalue weighted by Gasteiger charge is 2.21. The van der Waals surface area contributed by atoms with Gasteiger partial charge in [0.05, 0.1) is 7.11 Å². The Balaban J connectivity index is 1.84. The van der Waals surface area contributed by atoms with Crippen molar-refractivity contribution in [1.29, 1.82) is 0 Å². The molecule has 7 nitrogen and oxygen atoms in total. The standard InChI is InChI=1S/C18H16ClN3O4S2/c1-18(2,3)26-17(24)12-8-27-14(21-12)9-5-6-10(20-13(9)19)15-22-11(7-28-15)16(23)25-4/h5-8H,1-4H3. The van der Waals surface area contributed by atoms with Crippen LogP contribution in [0.15, 0.2) is 22.9 Å². The van der Waals surface area contributed by atoms with E-state index in [1.54, 1.807) is 43.7 Å². The molecule has 0 aliphatic rings. The Kier molecular flexibility index (Phi) is 5.78. The molecule has 0 unspecified atom stereocenters. The van der Waals surface area contributed by atoms with Gasteiger partial charge in [0.2, 0.25) is 0 Å². The molecular formula is C18H16ClN3O4S2. The van der Waals surface area contributed by atoms with Crippen molar-refractivity contribution in [2.24, 2.45) is 0 Å². The third-order valence-electron chi connectivity index (χ3n) is 3.31. The molecule has 0 aromatic carbocycles. The first kappa shape index (κ1) is 20.4. The first-order valence-corrected chi connectivity index (χ1v) is 10.2. The molecule has 3 rings (SSSR count). The molecule has 0 spiro atoms. The molecule has 0 aliphatic carbocycles. The van der Waals surface area contributed by atoms with Crippen LogP contribution >= 0.6 is 34.3 Å². The van der Waals surface area contributed by atoms with E-state index < -0.39 is 17.5 Å². The van der Waals surface area contributed by atoms with Crippen LogP contribution in [0.2, 0.25) is 5.15 Å². The predicted molar refractivity (Wildman–Crippen MR) is 108 cm³/mol. The van der Waals surface area contributed by atoms with Crippen molar-refractivity contribution in [1.82, 2.24) is 15.0 Å². The van der Waals surface area contributed by atoms with Crippen LogP contribution in [0.1, 0.15) is 41.7 Å². The summed E-state index contributed by atoms with van der Waals surface area (Å²) >= 11 is 8.87. The molecule has 0 amide bonds. The molecule has 3 aromatic heterocycles. The van der Waals surface area contributed by atoms with Crippen LogP contribution in [0.4, 0.5) is 0 Å². The van der Waals surface area contributed by atoms with Gasteiger partial charge in [0.15, 0.2) is 11.4 Å². The number of ether oxygens (including phenoxy) is 2. The molecule has 3 aromatic rings. The third-order valence-corrected chi connectivity index (χ3v) is 5.34. The van der Waals surface area contributed by atoms with Crippen molar-refractivity contribution in [2.75, 3.05) is 7.11 Å². The van der Waals surface area contributed by atoms with Crippen molar-refractivity contribution >= 4 is 46.2 Å². The summed E-state index contributed by atoms with van der Waals surface area (Å²) in [5, 5.41) is 4.54. The summed E-state index contributed by atoms with van der Waals surface area (Å²) in [7, 11) is 1.30. The van der Waals surface area contributed by atoms with E-state index in [4.69, 9.17) is 16.3 Å². The number of aromatic nitrogens is 3. The van der Waals surface area contributed by atoms with Crippen molar-refractivity contribution in [3.8, 4) is 21.3 Å². The fourth-order valence-electron chi connectivity index (χ4n) is 2.12. The molecule has 10 heteroatoms. The van der Waals surface area contributed by atoms with Gasteiger partial charge in [-0.1, -0.05) is 11.6 Å². The molecule has 0 bridgehead atoms. The minimum absolute atomic E-state index is 0.214. The number of pyridine rings is 1. The number of carbonyl (C=O) groups excluding carboxylic acids is 2. The summed E-state index contributed by atoms with van der Waals surface area (Å²) in [6.07, 6.45) is 0. The van der Waals surface area contributed by atoms with Gasteiger partial charge in [0, 0.05) is 16.3 Å². The molecule has 0 N–H and O–H groups in total. The van der Waals surface area contributed by atoms with E-state index in [9.17, 15) is 9.59 Å². The smallest absolute Gasteiger partial charge is 0.358 e. The van der Waals surface area contributed by atoms with Crippen LogP contribution in [-0.4, -0.2) is 39.6 Å². The molecule has 28 heavy (non-hydrogen) atoms. The lowest BCUT2D eigenvalue weighted by molar-refractivity contribution is 0.00636. The van der Waals surface area contributed by atoms with Crippen LogP contribution in [0.25, 0.3) is 21.3 Å². The van der Waals surface area contributed by atoms with E-state index >= 15 is 0 Å². The quantitative estimate of drug-likeness (QED) is 0.430.